The monoisotopic (exact) mass is 306 g/mol. The minimum absolute atomic E-state index is 0. The molecule has 1 amide bonds. The van der Waals surface area contributed by atoms with Gasteiger partial charge in [0.05, 0.1) is 23.4 Å². The molecule has 0 radical (unpaired) electrons. The topological polar surface area (TPSA) is 64.3 Å². The third-order valence-corrected chi connectivity index (χ3v) is 2.68. The number of carbonyl (C=O) groups is 1. The van der Waals surface area contributed by atoms with Crippen molar-refractivity contribution in [2.24, 2.45) is 11.1 Å². The van der Waals surface area contributed by atoms with E-state index in [2.05, 4.69) is 26.1 Å². The number of benzene rings is 1. The molecule has 3 N–H and O–H groups in total. The van der Waals surface area contributed by atoms with Crippen molar-refractivity contribution in [3.8, 4) is 5.75 Å². The molecule has 108 valence electrons. The normalized spacial score (nSPS) is 10.6. The van der Waals surface area contributed by atoms with E-state index in [0.29, 0.717) is 10.8 Å². The molecule has 0 heterocycles. The summed E-state index contributed by atoms with van der Waals surface area (Å²) in [7, 11) is 1.49. The number of nitrogens with two attached hydrogens (primary N) is 1. The van der Waals surface area contributed by atoms with E-state index < -0.39 is 5.91 Å². The van der Waals surface area contributed by atoms with Crippen LogP contribution in [0, 0.1) is 5.41 Å². The summed E-state index contributed by atoms with van der Waals surface area (Å²) in [6, 6.07) is 3.21. The van der Waals surface area contributed by atoms with Gasteiger partial charge in [0.15, 0.2) is 0 Å². The Morgan fingerprint density at radius 2 is 2.00 bits per heavy atom. The van der Waals surface area contributed by atoms with Crippen LogP contribution in [0.1, 0.15) is 31.1 Å². The smallest absolute Gasteiger partial charge is 0.252 e. The molecule has 6 heteroatoms. The molecule has 4 nitrogen and oxygen atoms in total. The number of primary amides is 1. The molecule has 0 fully saturated rings. The molecule has 0 aliphatic carbocycles. The Balaban J connectivity index is 0.00000324. The van der Waals surface area contributed by atoms with Crippen molar-refractivity contribution >= 4 is 35.6 Å². The Hall–Kier alpha value is -1.13. The van der Waals surface area contributed by atoms with Crippen molar-refractivity contribution in [3.63, 3.8) is 0 Å². The number of carbonyl (C=O) groups excluding carboxylic acids is 1. The van der Waals surface area contributed by atoms with Gasteiger partial charge in [0.25, 0.3) is 5.91 Å². The van der Waals surface area contributed by atoms with Gasteiger partial charge in [-0.25, -0.2) is 0 Å². The predicted octanol–water partition coefficient (Wildman–Crippen LogP) is 3.33. The Bertz CT molecular complexity index is 457. The highest BCUT2D eigenvalue weighted by atomic mass is 35.5. The van der Waals surface area contributed by atoms with Crippen molar-refractivity contribution < 1.29 is 9.53 Å². The minimum atomic E-state index is -0.559. The van der Waals surface area contributed by atoms with Crippen molar-refractivity contribution in [2.75, 3.05) is 19.0 Å². The standard InChI is InChI=1S/C13H19ClN2O2.ClH/c1-13(2,3)7-16-10-6-11(18-4)8(12(15)17)5-9(10)14;/h5-6,16H,7H2,1-4H3,(H2,15,17);1H. The van der Waals surface area contributed by atoms with Crippen LogP contribution in [-0.4, -0.2) is 19.6 Å². The molecule has 0 spiro atoms. The summed E-state index contributed by atoms with van der Waals surface area (Å²) in [5.41, 5.74) is 6.39. The molecule has 0 aromatic heterocycles. The predicted molar refractivity (Wildman–Crippen MR) is 81.7 cm³/mol. The number of methoxy groups -OCH3 is 1. The van der Waals surface area contributed by atoms with Gasteiger partial charge in [0.2, 0.25) is 0 Å². The molecule has 0 atom stereocenters. The van der Waals surface area contributed by atoms with Crippen LogP contribution < -0.4 is 15.8 Å². The molecule has 0 aliphatic rings. The van der Waals surface area contributed by atoms with E-state index >= 15 is 0 Å². The van der Waals surface area contributed by atoms with Crippen molar-refractivity contribution in [2.45, 2.75) is 20.8 Å². The fraction of sp³-hybridized carbons (Fsp3) is 0.462. The lowest BCUT2D eigenvalue weighted by Crippen LogP contribution is -2.19. The van der Waals surface area contributed by atoms with Crippen LogP contribution in [0.3, 0.4) is 0 Å². The van der Waals surface area contributed by atoms with E-state index in [-0.39, 0.29) is 23.4 Å². The van der Waals surface area contributed by atoms with Gasteiger partial charge < -0.3 is 15.8 Å². The summed E-state index contributed by atoms with van der Waals surface area (Å²) in [4.78, 5) is 11.2. The number of ether oxygens (including phenoxy) is 1. The number of halogens is 2. The zero-order valence-electron chi connectivity index (χ0n) is 11.5. The lowest BCUT2D eigenvalue weighted by Gasteiger charge is -2.21. The number of hydrogen-bond donors (Lipinski definition) is 2. The quantitative estimate of drug-likeness (QED) is 0.897. The first-order chi connectivity index (χ1) is 8.24. The second-order valence-electron chi connectivity index (χ2n) is 5.31. The molecule has 0 saturated carbocycles. The molecular formula is C13H20Cl2N2O2. The van der Waals surface area contributed by atoms with Crippen LogP contribution in [0.4, 0.5) is 5.69 Å². The summed E-state index contributed by atoms with van der Waals surface area (Å²) >= 11 is 6.11. The second kappa shape index (κ2) is 6.87. The van der Waals surface area contributed by atoms with Gasteiger partial charge in [-0.1, -0.05) is 32.4 Å². The maximum Gasteiger partial charge on any atom is 0.252 e. The molecule has 1 rings (SSSR count). The van der Waals surface area contributed by atoms with Gasteiger partial charge >= 0.3 is 0 Å². The lowest BCUT2D eigenvalue weighted by atomic mass is 9.97. The Morgan fingerprint density at radius 3 is 2.42 bits per heavy atom. The number of nitrogens with one attached hydrogen (secondary N) is 1. The maximum absolute atomic E-state index is 11.2. The zero-order valence-corrected chi connectivity index (χ0v) is 13.1. The largest absolute Gasteiger partial charge is 0.496 e. The molecular weight excluding hydrogens is 287 g/mol. The SMILES string of the molecule is COc1cc(NCC(C)(C)C)c(Cl)cc1C(N)=O.Cl. The fourth-order valence-electron chi connectivity index (χ4n) is 1.41. The third-order valence-electron chi connectivity index (χ3n) is 2.36. The van der Waals surface area contributed by atoms with E-state index in [1.807, 2.05) is 0 Å². The molecule has 0 bridgehead atoms. The fourth-order valence-corrected chi connectivity index (χ4v) is 1.64. The zero-order chi connectivity index (χ0) is 13.9. The molecule has 0 saturated heterocycles. The van der Waals surface area contributed by atoms with Crippen LogP contribution in [0.25, 0.3) is 0 Å². The maximum atomic E-state index is 11.2. The van der Waals surface area contributed by atoms with E-state index in [9.17, 15) is 4.79 Å². The summed E-state index contributed by atoms with van der Waals surface area (Å²) in [5, 5.41) is 3.68. The number of rotatable bonds is 4. The van der Waals surface area contributed by atoms with Crippen molar-refractivity contribution in [3.05, 3.63) is 22.7 Å². The van der Waals surface area contributed by atoms with E-state index in [4.69, 9.17) is 22.1 Å². The second-order valence-corrected chi connectivity index (χ2v) is 5.72. The number of amides is 1. The van der Waals surface area contributed by atoms with Crippen LogP contribution in [0.15, 0.2) is 12.1 Å². The summed E-state index contributed by atoms with van der Waals surface area (Å²) < 4.78 is 5.13. The van der Waals surface area contributed by atoms with E-state index in [0.717, 1.165) is 12.2 Å². The van der Waals surface area contributed by atoms with Gasteiger partial charge in [-0.2, -0.15) is 0 Å². The highest BCUT2D eigenvalue weighted by Gasteiger charge is 2.15. The van der Waals surface area contributed by atoms with Gasteiger partial charge in [-0.05, 0) is 11.5 Å². The van der Waals surface area contributed by atoms with Crippen molar-refractivity contribution in [1.29, 1.82) is 0 Å². The van der Waals surface area contributed by atoms with E-state index in [1.54, 1.807) is 6.07 Å². The van der Waals surface area contributed by atoms with Crippen molar-refractivity contribution in [1.82, 2.24) is 0 Å². The van der Waals surface area contributed by atoms with Crippen LogP contribution in [0.2, 0.25) is 5.02 Å². The van der Waals surface area contributed by atoms with Crippen LogP contribution in [0.5, 0.6) is 5.75 Å². The van der Waals surface area contributed by atoms with Gasteiger partial charge in [0, 0.05) is 12.6 Å². The summed E-state index contributed by atoms with van der Waals surface area (Å²) in [5.74, 6) is -0.139. The van der Waals surface area contributed by atoms with Crippen LogP contribution in [-0.2, 0) is 0 Å². The Kier molecular flexibility index (Phi) is 6.46. The Morgan fingerprint density at radius 1 is 1.42 bits per heavy atom. The summed E-state index contributed by atoms with van der Waals surface area (Å²) in [6.45, 7) is 7.10. The number of anilines is 1. The molecule has 1 aromatic carbocycles. The highest BCUT2D eigenvalue weighted by Crippen LogP contribution is 2.31. The lowest BCUT2D eigenvalue weighted by molar-refractivity contribution is 0.0997. The molecule has 1 aromatic rings. The average Bonchev–Trinajstić information content (AvgIpc) is 2.25. The van der Waals surface area contributed by atoms with Gasteiger partial charge in [-0.15, -0.1) is 12.4 Å². The first-order valence-electron chi connectivity index (χ1n) is 5.66. The Labute approximate surface area is 125 Å². The van der Waals surface area contributed by atoms with E-state index in [1.165, 1.54) is 13.2 Å². The first-order valence-corrected chi connectivity index (χ1v) is 6.03. The molecule has 0 aliphatic heterocycles. The highest BCUT2D eigenvalue weighted by molar-refractivity contribution is 6.33. The summed E-state index contributed by atoms with van der Waals surface area (Å²) in [6.07, 6.45) is 0. The number of hydrogen-bond acceptors (Lipinski definition) is 3. The first kappa shape index (κ1) is 17.9. The minimum Gasteiger partial charge on any atom is -0.496 e. The molecule has 19 heavy (non-hydrogen) atoms. The molecule has 0 unspecified atom stereocenters. The average molecular weight is 307 g/mol. The van der Waals surface area contributed by atoms with Gasteiger partial charge in [0.1, 0.15) is 5.75 Å². The van der Waals surface area contributed by atoms with Gasteiger partial charge in [-0.3, -0.25) is 4.79 Å². The van der Waals surface area contributed by atoms with Crippen LogP contribution >= 0.6 is 24.0 Å². The third kappa shape index (κ3) is 5.17.